The molecule has 0 saturated heterocycles. The largest absolute Gasteiger partial charge is 1.00 e. The third-order valence-corrected chi connectivity index (χ3v) is 9.01. The van der Waals surface area contributed by atoms with Crippen LogP contribution >= 0.6 is 0 Å². The predicted molar refractivity (Wildman–Crippen MR) is 94.9 cm³/mol. The van der Waals surface area contributed by atoms with Crippen molar-refractivity contribution in [1.29, 1.82) is 0 Å². The van der Waals surface area contributed by atoms with E-state index in [1.165, 1.54) is 24.0 Å². The minimum Gasteiger partial charge on any atom is -1.00 e. The van der Waals surface area contributed by atoms with Crippen molar-refractivity contribution in [2.24, 2.45) is 0 Å². The summed E-state index contributed by atoms with van der Waals surface area (Å²) in [6.45, 7) is 4.64. The summed E-state index contributed by atoms with van der Waals surface area (Å²) >= 11 is -0.497. The van der Waals surface area contributed by atoms with Crippen molar-refractivity contribution in [1.82, 2.24) is 0 Å². The Labute approximate surface area is 162 Å². The van der Waals surface area contributed by atoms with Crippen molar-refractivity contribution in [3.63, 3.8) is 0 Å². The number of allylic oxidation sites excluding steroid dienone is 2. The quantitative estimate of drug-likeness (QED) is 0.779. The van der Waals surface area contributed by atoms with Crippen LogP contribution < -0.4 is 12.4 Å². The van der Waals surface area contributed by atoms with Crippen LogP contribution in [0.4, 0.5) is 0 Å². The Morgan fingerprint density at radius 1 is 0.708 bits per heavy atom. The topological polar surface area (TPSA) is 0 Å². The van der Waals surface area contributed by atoms with Crippen molar-refractivity contribution in [2.45, 2.75) is 34.0 Å². The molecule has 120 valence electrons. The zero-order valence-electron chi connectivity index (χ0n) is 14.3. The summed E-state index contributed by atoms with van der Waals surface area (Å²) in [5.74, 6) is 0. The van der Waals surface area contributed by atoms with Gasteiger partial charge < -0.3 is 12.4 Å². The number of halogens is 1. The summed E-state index contributed by atoms with van der Waals surface area (Å²) in [4.78, 5) is 0. The van der Waals surface area contributed by atoms with Gasteiger partial charge in [-0.3, -0.25) is 0 Å². The molecule has 0 fully saturated rings. The van der Waals surface area contributed by atoms with Crippen LogP contribution in [-0.2, 0) is 22.9 Å². The second kappa shape index (κ2) is 7.54. The summed E-state index contributed by atoms with van der Waals surface area (Å²) in [6.07, 6.45) is 7.31. The van der Waals surface area contributed by atoms with Gasteiger partial charge in [-0.2, -0.15) is 0 Å². The first-order chi connectivity index (χ1) is 11.3. The van der Waals surface area contributed by atoms with E-state index < -0.39 is 22.9 Å². The smallest absolute Gasteiger partial charge is 1.00 e. The summed E-state index contributed by atoms with van der Waals surface area (Å²) in [5.41, 5.74) is 9.49. The van der Waals surface area contributed by atoms with E-state index in [9.17, 15) is 0 Å². The van der Waals surface area contributed by atoms with Gasteiger partial charge in [0.25, 0.3) is 0 Å². The molecular formula is C22H22ClSc. The molecule has 2 aliphatic carbocycles. The van der Waals surface area contributed by atoms with Crippen molar-refractivity contribution in [2.75, 3.05) is 0 Å². The molecule has 0 radical (unpaired) electrons. The van der Waals surface area contributed by atoms with Gasteiger partial charge >= 0.3 is 151 Å². The maximum Gasteiger partial charge on any atom is -1.00 e. The Morgan fingerprint density at radius 3 is 1.54 bits per heavy atom. The van der Waals surface area contributed by atoms with Gasteiger partial charge in [-0.05, 0) is 0 Å². The predicted octanol–water partition coefficient (Wildman–Crippen LogP) is 3.17. The van der Waals surface area contributed by atoms with Crippen LogP contribution in [0.3, 0.4) is 0 Å². The Morgan fingerprint density at radius 2 is 1.12 bits per heavy atom. The molecule has 0 spiro atoms. The molecule has 2 heteroatoms. The molecule has 2 unspecified atom stereocenters. The van der Waals surface area contributed by atoms with Crippen LogP contribution in [0.2, 0.25) is 0 Å². The number of benzene rings is 2. The summed E-state index contributed by atoms with van der Waals surface area (Å²) < 4.78 is 1.48. The second-order valence-corrected chi connectivity index (χ2v) is 9.23. The number of hydrogen-bond donors (Lipinski definition) is 0. The molecule has 0 amide bonds. The molecule has 4 rings (SSSR count). The maximum atomic E-state index is 2.47. The maximum absolute atomic E-state index is 2.47. The average Bonchev–Trinajstić information content (AvgIpc) is 3.14. The van der Waals surface area contributed by atoms with Gasteiger partial charge in [-0.1, -0.05) is 0 Å². The Balaban J connectivity index is 0.00000169. The second-order valence-electron chi connectivity index (χ2n) is 6.55. The van der Waals surface area contributed by atoms with Crippen LogP contribution in [0.25, 0.3) is 12.2 Å². The van der Waals surface area contributed by atoms with E-state index in [-0.39, 0.29) is 12.4 Å². The minimum absolute atomic E-state index is 0. The average molecular weight is 367 g/mol. The fourth-order valence-electron chi connectivity index (χ4n) is 4.12. The fraction of sp³-hybridized carbons (Fsp3) is 0.273. The van der Waals surface area contributed by atoms with Gasteiger partial charge in [-0.25, -0.2) is 0 Å². The van der Waals surface area contributed by atoms with Gasteiger partial charge in [-0.15, -0.1) is 0 Å². The molecular weight excluding hydrogens is 345 g/mol. The first-order valence-corrected chi connectivity index (χ1v) is 10.8. The van der Waals surface area contributed by atoms with E-state index >= 15 is 0 Å². The van der Waals surface area contributed by atoms with Gasteiger partial charge in [0.1, 0.15) is 0 Å². The first kappa shape index (κ1) is 17.9. The molecule has 0 saturated carbocycles. The van der Waals surface area contributed by atoms with E-state index in [0.29, 0.717) is 0 Å². The van der Waals surface area contributed by atoms with Crippen LogP contribution in [0.15, 0.2) is 59.7 Å². The fourth-order valence-corrected chi connectivity index (χ4v) is 8.13. The van der Waals surface area contributed by atoms with Gasteiger partial charge in [0.05, 0.1) is 0 Å². The molecule has 2 atom stereocenters. The normalized spacial score (nSPS) is 20.4. The number of hydrogen-bond acceptors (Lipinski definition) is 0. The zero-order chi connectivity index (χ0) is 15.8. The van der Waals surface area contributed by atoms with Gasteiger partial charge in [0.2, 0.25) is 0 Å². The van der Waals surface area contributed by atoms with Crippen LogP contribution in [0, 0.1) is 0 Å². The van der Waals surface area contributed by atoms with Crippen molar-refractivity contribution >= 4 is 12.2 Å². The summed E-state index contributed by atoms with van der Waals surface area (Å²) in [6, 6.07) is 18.1. The van der Waals surface area contributed by atoms with E-state index in [1.807, 2.05) is 0 Å². The summed E-state index contributed by atoms with van der Waals surface area (Å²) in [5, 5.41) is 0. The SMILES string of the molecule is CCC1=Cc2ccccc2[CH]1[Sc+][CH]1C(CC)=Cc2ccccc21.[Cl-]. The third-order valence-electron chi connectivity index (χ3n) is 5.34. The van der Waals surface area contributed by atoms with Crippen molar-refractivity contribution < 1.29 is 35.3 Å². The molecule has 2 aromatic carbocycles. The molecule has 2 aliphatic rings. The standard InChI is InChI=1S/2C11H11.ClH.Sc/c2*1-2-9-7-10-5-3-4-6-11(10)8-9;;/h2*3-8H,2H2,1H3;1H;/q;;;+1/p-1. The van der Waals surface area contributed by atoms with E-state index in [2.05, 4.69) is 74.5 Å². The van der Waals surface area contributed by atoms with Crippen LogP contribution in [0.1, 0.15) is 56.3 Å². The molecule has 0 heterocycles. The monoisotopic (exact) mass is 366 g/mol. The Hall–Kier alpha value is -0.920. The Bertz CT molecular complexity index is 736. The van der Waals surface area contributed by atoms with E-state index in [0.717, 1.165) is 7.35 Å². The van der Waals surface area contributed by atoms with Gasteiger partial charge in [0.15, 0.2) is 0 Å². The zero-order valence-corrected chi connectivity index (χ0v) is 16.9. The molecule has 0 N–H and O–H groups in total. The van der Waals surface area contributed by atoms with E-state index in [4.69, 9.17) is 0 Å². The van der Waals surface area contributed by atoms with Crippen LogP contribution in [0.5, 0.6) is 0 Å². The molecule has 0 aromatic heterocycles. The Kier molecular flexibility index (Phi) is 5.62. The number of rotatable bonds is 4. The molecule has 0 aliphatic heterocycles. The van der Waals surface area contributed by atoms with E-state index in [1.54, 1.807) is 22.3 Å². The molecule has 0 bridgehead atoms. The van der Waals surface area contributed by atoms with Gasteiger partial charge in [0, 0.05) is 0 Å². The third kappa shape index (κ3) is 3.02. The summed E-state index contributed by atoms with van der Waals surface area (Å²) in [7, 11) is 0. The first-order valence-electron chi connectivity index (χ1n) is 8.75. The molecule has 24 heavy (non-hydrogen) atoms. The van der Waals surface area contributed by atoms with Crippen molar-refractivity contribution in [3.05, 3.63) is 81.9 Å². The van der Waals surface area contributed by atoms with Crippen molar-refractivity contribution in [3.8, 4) is 0 Å². The molecule has 0 nitrogen and oxygen atoms in total. The minimum atomic E-state index is -0.497. The van der Waals surface area contributed by atoms with Crippen LogP contribution in [-0.4, -0.2) is 0 Å². The number of fused-ring (bicyclic) bond motifs is 2. The molecule has 2 aromatic rings.